The summed E-state index contributed by atoms with van der Waals surface area (Å²) in [5, 5.41) is 11.5. The number of anilines is 1. The van der Waals surface area contributed by atoms with Crippen LogP contribution < -0.4 is 5.73 Å². The molecule has 0 aliphatic heterocycles. The summed E-state index contributed by atoms with van der Waals surface area (Å²) < 4.78 is 1.68. The first-order chi connectivity index (χ1) is 9.65. The fourth-order valence-electron chi connectivity index (χ4n) is 1.66. The second-order valence-electron chi connectivity index (χ2n) is 3.64. The Morgan fingerprint density at radius 2 is 2.05 bits per heavy atom. The number of nitrogen functional groups attached to an aromatic ring is 1. The fraction of sp³-hybridized carbons (Fsp3) is 0. The predicted octanol–water partition coefficient (Wildman–Crippen LogP) is 1.73. The minimum absolute atomic E-state index is 0.250. The number of fused-ring (bicyclic) bond motifs is 1. The minimum Gasteiger partial charge on any atom is -0.483 e. The number of nitrogens with zero attached hydrogens (tertiary/aromatic N) is 4. The first-order valence-corrected chi connectivity index (χ1v) is 5.83. The quantitative estimate of drug-likeness (QED) is 0.661. The van der Waals surface area contributed by atoms with Crippen LogP contribution >= 0.6 is 11.6 Å². The van der Waals surface area contributed by atoms with Crippen LogP contribution in [0.3, 0.4) is 0 Å². The largest absolute Gasteiger partial charge is 0.483 e. The number of carboxylic acid groups (broad SMARTS) is 1. The number of hydrogen-bond acceptors (Lipinski definition) is 5. The van der Waals surface area contributed by atoms with E-state index >= 15 is 0 Å². The molecule has 0 unspecified atom stereocenters. The van der Waals surface area contributed by atoms with E-state index in [9.17, 15) is 0 Å². The number of pyridine rings is 1. The molecule has 3 aromatic rings. The molecule has 3 rings (SSSR count). The van der Waals surface area contributed by atoms with Gasteiger partial charge in [0.2, 0.25) is 0 Å². The van der Waals surface area contributed by atoms with E-state index in [-0.39, 0.29) is 6.47 Å². The van der Waals surface area contributed by atoms with Crippen molar-refractivity contribution in [2.75, 3.05) is 5.73 Å². The van der Waals surface area contributed by atoms with Crippen LogP contribution in [0.2, 0.25) is 5.15 Å². The summed E-state index contributed by atoms with van der Waals surface area (Å²) in [5.74, 6) is 0.458. The molecule has 0 saturated carbocycles. The molecule has 0 aromatic carbocycles. The number of halogens is 1. The summed E-state index contributed by atoms with van der Waals surface area (Å²) in [4.78, 5) is 16.6. The van der Waals surface area contributed by atoms with Crippen LogP contribution in [0, 0.1) is 0 Å². The van der Waals surface area contributed by atoms with Gasteiger partial charge in [-0.05, 0) is 24.3 Å². The van der Waals surface area contributed by atoms with Crippen LogP contribution in [0.4, 0.5) is 5.82 Å². The number of rotatable bonds is 1. The molecule has 3 aromatic heterocycles. The molecule has 7 nitrogen and oxygen atoms in total. The molecular formula is C12H10ClN5O2. The Morgan fingerprint density at radius 1 is 1.30 bits per heavy atom. The van der Waals surface area contributed by atoms with Crippen molar-refractivity contribution in [1.82, 2.24) is 19.6 Å². The highest BCUT2D eigenvalue weighted by Gasteiger charge is 2.07. The normalized spacial score (nSPS) is 9.85. The van der Waals surface area contributed by atoms with Crippen LogP contribution in [0.25, 0.3) is 16.9 Å². The number of carbonyl (C=O) groups is 1. The monoisotopic (exact) mass is 291 g/mol. The Labute approximate surface area is 118 Å². The SMILES string of the molecule is Nc1cc(-c2cnc3ccc(Cl)nn23)ccn1.O=CO. The van der Waals surface area contributed by atoms with Crippen molar-refractivity contribution in [2.24, 2.45) is 0 Å². The molecule has 0 bridgehead atoms. The lowest BCUT2D eigenvalue weighted by atomic mass is 10.2. The van der Waals surface area contributed by atoms with Crippen molar-refractivity contribution < 1.29 is 9.90 Å². The summed E-state index contributed by atoms with van der Waals surface area (Å²) in [6, 6.07) is 7.13. The summed E-state index contributed by atoms with van der Waals surface area (Å²) in [6.45, 7) is -0.250. The fourth-order valence-corrected chi connectivity index (χ4v) is 1.79. The van der Waals surface area contributed by atoms with Crippen LogP contribution in [-0.2, 0) is 4.79 Å². The maximum atomic E-state index is 8.36. The molecule has 102 valence electrons. The number of aromatic nitrogens is 4. The van der Waals surface area contributed by atoms with Crippen LogP contribution in [0.15, 0.2) is 36.7 Å². The van der Waals surface area contributed by atoms with E-state index in [2.05, 4.69) is 15.1 Å². The van der Waals surface area contributed by atoms with E-state index in [1.54, 1.807) is 29.0 Å². The van der Waals surface area contributed by atoms with E-state index in [1.807, 2.05) is 12.1 Å². The van der Waals surface area contributed by atoms with Gasteiger partial charge in [0.1, 0.15) is 11.0 Å². The zero-order chi connectivity index (χ0) is 14.5. The molecule has 0 fully saturated rings. The lowest BCUT2D eigenvalue weighted by Crippen LogP contribution is -1.95. The van der Waals surface area contributed by atoms with Gasteiger partial charge in [-0.2, -0.15) is 5.10 Å². The van der Waals surface area contributed by atoms with Gasteiger partial charge in [-0.1, -0.05) is 11.6 Å². The average molecular weight is 292 g/mol. The summed E-state index contributed by atoms with van der Waals surface area (Å²) in [7, 11) is 0. The first kappa shape index (κ1) is 13.8. The smallest absolute Gasteiger partial charge is 0.290 e. The molecule has 20 heavy (non-hydrogen) atoms. The molecule has 0 amide bonds. The summed E-state index contributed by atoms with van der Waals surface area (Å²) in [6.07, 6.45) is 3.38. The van der Waals surface area contributed by atoms with Crippen molar-refractivity contribution in [3.63, 3.8) is 0 Å². The third-order valence-corrected chi connectivity index (χ3v) is 2.61. The molecule has 0 spiro atoms. The zero-order valence-corrected chi connectivity index (χ0v) is 10.9. The highest BCUT2D eigenvalue weighted by atomic mass is 35.5. The van der Waals surface area contributed by atoms with Crippen molar-refractivity contribution in [2.45, 2.75) is 0 Å². The number of nitrogens with two attached hydrogens (primary N) is 1. The molecule has 0 saturated heterocycles. The number of imidazole rings is 1. The third-order valence-electron chi connectivity index (χ3n) is 2.41. The lowest BCUT2D eigenvalue weighted by molar-refractivity contribution is -0.122. The average Bonchev–Trinajstić information content (AvgIpc) is 2.82. The van der Waals surface area contributed by atoms with Gasteiger partial charge >= 0.3 is 0 Å². The van der Waals surface area contributed by atoms with E-state index < -0.39 is 0 Å². The van der Waals surface area contributed by atoms with E-state index in [0.717, 1.165) is 16.9 Å². The second-order valence-corrected chi connectivity index (χ2v) is 4.03. The minimum atomic E-state index is -0.250. The van der Waals surface area contributed by atoms with Crippen molar-refractivity contribution in [1.29, 1.82) is 0 Å². The van der Waals surface area contributed by atoms with Crippen LogP contribution in [0.1, 0.15) is 0 Å². The van der Waals surface area contributed by atoms with Crippen molar-refractivity contribution >= 4 is 29.5 Å². The highest BCUT2D eigenvalue weighted by molar-refractivity contribution is 6.29. The second kappa shape index (κ2) is 5.98. The Kier molecular flexibility index (Phi) is 4.11. The Bertz CT molecular complexity index is 744. The van der Waals surface area contributed by atoms with Crippen molar-refractivity contribution in [3.05, 3.63) is 41.8 Å². The van der Waals surface area contributed by atoms with E-state index in [4.69, 9.17) is 27.2 Å². The van der Waals surface area contributed by atoms with E-state index in [1.165, 1.54) is 0 Å². The van der Waals surface area contributed by atoms with Gasteiger partial charge in [0.15, 0.2) is 5.65 Å². The maximum Gasteiger partial charge on any atom is 0.290 e. The highest BCUT2D eigenvalue weighted by Crippen LogP contribution is 2.21. The molecular weight excluding hydrogens is 282 g/mol. The van der Waals surface area contributed by atoms with Gasteiger partial charge in [-0.3, -0.25) is 4.79 Å². The predicted molar refractivity (Wildman–Crippen MR) is 74.3 cm³/mol. The Balaban J connectivity index is 0.000000452. The molecule has 0 atom stereocenters. The third kappa shape index (κ3) is 2.83. The molecule has 0 radical (unpaired) electrons. The molecule has 8 heteroatoms. The molecule has 0 aliphatic carbocycles. The maximum absolute atomic E-state index is 8.36. The van der Waals surface area contributed by atoms with Gasteiger partial charge in [0, 0.05) is 11.8 Å². The lowest BCUT2D eigenvalue weighted by Gasteiger charge is -2.01. The van der Waals surface area contributed by atoms with Gasteiger partial charge in [-0.15, -0.1) is 0 Å². The Morgan fingerprint density at radius 3 is 2.75 bits per heavy atom. The van der Waals surface area contributed by atoms with E-state index in [0.29, 0.717) is 11.0 Å². The summed E-state index contributed by atoms with van der Waals surface area (Å²) >= 11 is 5.87. The topological polar surface area (TPSA) is 106 Å². The van der Waals surface area contributed by atoms with Crippen molar-refractivity contribution in [3.8, 4) is 11.3 Å². The van der Waals surface area contributed by atoms with Gasteiger partial charge in [0.25, 0.3) is 6.47 Å². The first-order valence-electron chi connectivity index (χ1n) is 5.45. The van der Waals surface area contributed by atoms with Crippen LogP contribution in [0.5, 0.6) is 0 Å². The van der Waals surface area contributed by atoms with Crippen LogP contribution in [-0.4, -0.2) is 31.2 Å². The van der Waals surface area contributed by atoms with Gasteiger partial charge in [-0.25, -0.2) is 14.5 Å². The zero-order valence-electron chi connectivity index (χ0n) is 10.1. The Hall–Kier alpha value is -2.67. The van der Waals surface area contributed by atoms with Gasteiger partial charge < -0.3 is 10.8 Å². The van der Waals surface area contributed by atoms with Gasteiger partial charge in [0.05, 0.1) is 11.9 Å². The molecule has 3 heterocycles. The number of hydrogen-bond donors (Lipinski definition) is 2. The molecule has 0 aliphatic rings. The molecule has 3 N–H and O–H groups in total. The standard InChI is InChI=1S/C11H8ClN5.CH2O2/c12-9-1-2-11-15-6-8(17(11)16-9)7-3-4-14-10(13)5-7;2-1-3/h1-6H,(H2,13,14);1H,(H,2,3). The summed E-state index contributed by atoms with van der Waals surface area (Å²) in [5.41, 5.74) is 8.12.